The average Bonchev–Trinajstić information content (AvgIpc) is 2.38. The summed E-state index contributed by atoms with van der Waals surface area (Å²) in [7, 11) is 0. The SMILES string of the molecule is CC(C)(C(=O)N(CC#N)CC#N)c1ccc(N)cc1. The molecule has 0 aromatic heterocycles. The predicted molar refractivity (Wildman–Crippen MR) is 71.7 cm³/mol. The van der Waals surface area contributed by atoms with Crippen LogP contribution in [0.25, 0.3) is 0 Å². The highest BCUT2D eigenvalue weighted by atomic mass is 16.2. The van der Waals surface area contributed by atoms with Gasteiger partial charge in [-0.3, -0.25) is 4.79 Å². The monoisotopic (exact) mass is 256 g/mol. The fourth-order valence-electron chi connectivity index (χ4n) is 1.79. The molecule has 1 aromatic carbocycles. The van der Waals surface area contributed by atoms with E-state index in [0.29, 0.717) is 5.69 Å². The molecule has 0 spiro atoms. The van der Waals surface area contributed by atoms with Crippen LogP contribution >= 0.6 is 0 Å². The normalized spacial score (nSPS) is 10.3. The second kappa shape index (κ2) is 5.88. The van der Waals surface area contributed by atoms with Gasteiger partial charge in [-0.2, -0.15) is 10.5 Å². The summed E-state index contributed by atoms with van der Waals surface area (Å²) >= 11 is 0. The number of hydrogen-bond donors (Lipinski definition) is 1. The van der Waals surface area contributed by atoms with Crippen LogP contribution in [0.3, 0.4) is 0 Å². The Bertz CT molecular complexity index is 518. The lowest BCUT2D eigenvalue weighted by molar-refractivity contribution is -0.135. The zero-order valence-electron chi connectivity index (χ0n) is 11.1. The third-order valence-electron chi connectivity index (χ3n) is 2.98. The van der Waals surface area contributed by atoms with E-state index in [1.807, 2.05) is 12.1 Å². The third-order valence-corrected chi connectivity index (χ3v) is 2.98. The first kappa shape index (κ1) is 14.5. The molecule has 0 bridgehead atoms. The van der Waals surface area contributed by atoms with E-state index in [2.05, 4.69) is 0 Å². The van der Waals surface area contributed by atoms with E-state index in [1.165, 1.54) is 4.90 Å². The van der Waals surface area contributed by atoms with Gasteiger partial charge in [-0.05, 0) is 31.5 Å². The molecule has 0 saturated heterocycles. The van der Waals surface area contributed by atoms with E-state index < -0.39 is 5.41 Å². The number of nitrogens with zero attached hydrogens (tertiary/aromatic N) is 3. The van der Waals surface area contributed by atoms with Gasteiger partial charge >= 0.3 is 0 Å². The van der Waals surface area contributed by atoms with Gasteiger partial charge < -0.3 is 10.6 Å². The topological polar surface area (TPSA) is 93.9 Å². The Morgan fingerprint density at radius 2 is 1.68 bits per heavy atom. The van der Waals surface area contributed by atoms with E-state index in [4.69, 9.17) is 16.3 Å². The zero-order valence-corrected chi connectivity index (χ0v) is 11.1. The number of benzene rings is 1. The number of carbonyl (C=O) groups excluding carboxylic acids is 1. The first-order valence-electron chi connectivity index (χ1n) is 5.82. The highest BCUT2D eigenvalue weighted by Gasteiger charge is 2.33. The highest BCUT2D eigenvalue weighted by Crippen LogP contribution is 2.26. The Kier molecular flexibility index (Phi) is 4.50. The lowest BCUT2D eigenvalue weighted by Crippen LogP contribution is -2.43. The molecule has 5 nitrogen and oxygen atoms in total. The Morgan fingerprint density at radius 1 is 1.21 bits per heavy atom. The van der Waals surface area contributed by atoms with Gasteiger partial charge in [-0.25, -0.2) is 0 Å². The van der Waals surface area contributed by atoms with Crippen molar-refractivity contribution in [3.63, 3.8) is 0 Å². The number of rotatable bonds is 4. The van der Waals surface area contributed by atoms with Crippen molar-refractivity contribution < 1.29 is 4.79 Å². The number of nitrogen functional groups attached to an aromatic ring is 1. The first-order valence-corrected chi connectivity index (χ1v) is 5.82. The molecule has 19 heavy (non-hydrogen) atoms. The fraction of sp³-hybridized carbons (Fsp3) is 0.357. The Labute approximate surface area is 112 Å². The molecule has 5 heteroatoms. The van der Waals surface area contributed by atoms with Gasteiger partial charge in [0.25, 0.3) is 0 Å². The van der Waals surface area contributed by atoms with Crippen LogP contribution in [0.4, 0.5) is 5.69 Å². The van der Waals surface area contributed by atoms with E-state index in [9.17, 15) is 4.79 Å². The van der Waals surface area contributed by atoms with E-state index >= 15 is 0 Å². The number of carbonyl (C=O) groups is 1. The van der Waals surface area contributed by atoms with Crippen molar-refractivity contribution in [3.8, 4) is 12.1 Å². The molecular weight excluding hydrogens is 240 g/mol. The number of amides is 1. The molecule has 1 aromatic rings. The van der Waals surface area contributed by atoms with Gasteiger partial charge in [-0.15, -0.1) is 0 Å². The summed E-state index contributed by atoms with van der Waals surface area (Å²) in [6, 6.07) is 10.8. The molecule has 98 valence electrons. The largest absolute Gasteiger partial charge is 0.399 e. The van der Waals surface area contributed by atoms with Crippen molar-refractivity contribution in [2.75, 3.05) is 18.8 Å². The van der Waals surface area contributed by atoms with E-state index in [0.717, 1.165) is 5.56 Å². The van der Waals surface area contributed by atoms with E-state index in [-0.39, 0.29) is 19.0 Å². The molecule has 0 aliphatic heterocycles. The average molecular weight is 256 g/mol. The molecule has 0 fully saturated rings. The first-order chi connectivity index (χ1) is 8.93. The molecule has 1 rings (SSSR count). The smallest absolute Gasteiger partial charge is 0.234 e. The molecule has 0 heterocycles. The predicted octanol–water partition coefficient (Wildman–Crippen LogP) is 1.42. The van der Waals surface area contributed by atoms with Crippen molar-refractivity contribution in [2.45, 2.75) is 19.3 Å². The maximum Gasteiger partial charge on any atom is 0.234 e. The van der Waals surface area contributed by atoms with Crippen molar-refractivity contribution in [1.82, 2.24) is 4.90 Å². The minimum Gasteiger partial charge on any atom is -0.399 e. The van der Waals surface area contributed by atoms with Crippen molar-refractivity contribution in [3.05, 3.63) is 29.8 Å². The minimum absolute atomic E-state index is 0.0925. The van der Waals surface area contributed by atoms with Crippen LogP contribution in [0, 0.1) is 22.7 Å². The molecule has 0 saturated carbocycles. The summed E-state index contributed by atoms with van der Waals surface area (Å²) in [5.41, 5.74) is 6.24. The van der Waals surface area contributed by atoms with Gasteiger partial charge in [0, 0.05) is 5.69 Å². The van der Waals surface area contributed by atoms with Crippen LogP contribution in [0.1, 0.15) is 19.4 Å². The Balaban J connectivity index is 3.04. The maximum absolute atomic E-state index is 12.4. The van der Waals surface area contributed by atoms with Crippen LogP contribution in [-0.4, -0.2) is 23.9 Å². The lowest BCUT2D eigenvalue weighted by Gasteiger charge is -2.29. The van der Waals surface area contributed by atoms with Gasteiger partial charge in [0.1, 0.15) is 13.1 Å². The highest BCUT2D eigenvalue weighted by molar-refractivity contribution is 5.87. The second-order valence-corrected chi connectivity index (χ2v) is 4.72. The fourth-order valence-corrected chi connectivity index (χ4v) is 1.79. The number of anilines is 1. The van der Waals surface area contributed by atoms with Gasteiger partial charge in [0.2, 0.25) is 5.91 Å². The molecule has 0 radical (unpaired) electrons. The van der Waals surface area contributed by atoms with E-state index in [1.54, 1.807) is 38.1 Å². The van der Waals surface area contributed by atoms with Crippen LogP contribution in [0.5, 0.6) is 0 Å². The summed E-state index contributed by atoms with van der Waals surface area (Å²) in [6.07, 6.45) is 0. The standard InChI is InChI=1S/C14H16N4O/c1-14(2,11-3-5-12(17)6-4-11)13(19)18(9-7-15)10-8-16/h3-6H,9-10,17H2,1-2H3. The summed E-state index contributed by atoms with van der Waals surface area (Å²) < 4.78 is 0. The molecule has 0 unspecified atom stereocenters. The van der Waals surface area contributed by atoms with Crippen molar-refractivity contribution >= 4 is 11.6 Å². The quantitative estimate of drug-likeness (QED) is 0.651. The van der Waals surface area contributed by atoms with Crippen molar-refractivity contribution in [1.29, 1.82) is 10.5 Å². The van der Waals surface area contributed by atoms with Crippen LogP contribution in [0.15, 0.2) is 24.3 Å². The van der Waals surface area contributed by atoms with Crippen molar-refractivity contribution in [2.24, 2.45) is 0 Å². The molecule has 0 aliphatic rings. The Morgan fingerprint density at radius 3 is 2.11 bits per heavy atom. The maximum atomic E-state index is 12.4. The van der Waals surface area contributed by atoms with Crippen LogP contribution < -0.4 is 5.73 Å². The Hall–Kier alpha value is -2.53. The second-order valence-electron chi connectivity index (χ2n) is 4.72. The molecule has 0 aliphatic carbocycles. The minimum atomic E-state index is -0.804. The van der Waals surface area contributed by atoms with Gasteiger partial charge in [0.15, 0.2) is 0 Å². The van der Waals surface area contributed by atoms with Crippen LogP contribution in [-0.2, 0) is 10.2 Å². The van der Waals surface area contributed by atoms with Gasteiger partial charge in [0.05, 0.1) is 17.6 Å². The molecule has 0 atom stereocenters. The summed E-state index contributed by atoms with van der Waals surface area (Å²) in [5, 5.41) is 17.4. The molecule has 1 amide bonds. The number of nitrogens with two attached hydrogens (primary N) is 1. The van der Waals surface area contributed by atoms with Gasteiger partial charge in [-0.1, -0.05) is 12.1 Å². The molecule has 2 N–H and O–H groups in total. The summed E-state index contributed by atoms with van der Waals surface area (Å²) in [6.45, 7) is 3.35. The summed E-state index contributed by atoms with van der Waals surface area (Å²) in [4.78, 5) is 13.7. The number of nitriles is 2. The zero-order chi connectivity index (χ0) is 14.5. The summed E-state index contributed by atoms with van der Waals surface area (Å²) in [5.74, 6) is -0.250. The third kappa shape index (κ3) is 3.23. The number of hydrogen-bond acceptors (Lipinski definition) is 4. The lowest BCUT2D eigenvalue weighted by atomic mass is 9.83. The van der Waals surface area contributed by atoms with Crippen LogP contribution in [0.2, 0.25) is 0 Å². The molecular formula is C14H16N4O.